The van der Waals surface area contributed by atoms with E-state index in [9.17, 15) is 4.79 Å². The summed E-state index contributed by atoms with van der Waals surface area (Å²) in [7, 11) is 4.03. The number of fused-ring (bicyclic) bond motifs is 1. The first-order chi connectivity index (χ1) is 7.76. The second kappa shape index (κ2) is 5.61. The Morgan fingerprint density at radius 3 is 2.69 bits per heavy atom. The average Bonchev–Trinajstić information content (AvgIpc) is 2.68. The fourth-order valence-electron chi connectivity index (χ4n) is 1.36. The van der Waals surface area contributed by atoms with Crippen molar-refractivity contribution in [3.05, 3.63) is 23.9 Å². The zero-order valence-electron chi connectivity index (χ0n) is 9.60. The van der Waals surface area contributed by atoms with Crippen LogP contribution in [0.3, 0.4) is 0 Å². The highest BCUT2D eigenvalue weighted by molar-refractivity contribution is 7.14. The number of carbonyl (C=O) groups is 1. The first-order valence-electron chi connectivity index (χ1n) is 5.03. The minimum atomic E-state index is 0.442. The highest BCUT2D eigenvalue weighted by atomic mass is 31.0. The molecular weight excluding hydrogens is 223 g/mol. The molecule has 0 aliphatic rings. The van der Waals surface area contributed by atoms with Crippen LogP contribution in [0.1, 0.15) is 24.3 Å². The molecule has 0 aliphatic carbocycles. The number of methoxy groups -OCH3 is 1. The zero-order valence-corrected chi connectivity index (χ0v) is 10.8. The van der Waals surface area contributed by atoms with Gasteiger partial charge in [-0.3, -0.25) is 4.79 Å². The van der Waals surface area contributed by atoms with Gasteiger partial charge < -0.3 is 4.74 Å². The van der Waals surface area contributed by atoms with Crippen molar-refractivity contribution in [3.63, 3.8) is 0 Å². The van der Waals surface area contributed by atoms with Gasteiger partial charge >= 0.3 is 0 Å². The number of aldehydes is 1. The molecule has 0 aliphatic heterocycles. The van der Waals surface area contributed by atoms with Crippen molar-refractivity contribution in [2.45, 2.75) is 13.8 Å². The molecule has 1 unspecified atom stereocenters. The van der Waals surface area contributed by atoms with Crippen molar-refractivity contribution in [2.75, 3.05) is 7.11 Å². The average molecular weight is 238 g/mol. The van der Waals surface area contributed by atoms with Gasteiger partial charge in [0.2, 0.25) is 0 Å². The summed E-state index contributed by atoms with van der Waals surface area (Å²) in [5.74, 6) is 0.749. The van der Waals surface area contributed by atoms with Crippen LogP contribution in [0.2, 0.25) is 0 Å². The first kappa shape index (κ1) is 12.7. The van der Waals surface area contributed by atoms with E-state index in [4.69, 9.17) is 4.74 Å². The molecule has 16 heavy (non-hydrogen) atoms. The van der Waals surface area contributed by atoms with Gasteiger partial charge in [0.15, 0.2) is 6.29 Å². The molecule has 2 rings (SSSR count). The fourth-order valence-corrected chi connectivity index (χ4v) is 1.69. The number of carbonyl (C=O) groups excluding carboxylic acids is 1. The van der Waals surface area contributed by atoms with Gasteiger partial charge in [0, 0.05) is 11.5 Å². The molecule has 5 heteroatoms. The summed E-state index contributed by atoms with van der Waals surface area (Å²) in [5.41, 5.74) is 1.30. The summed E-state index contributed by atoms with van der Waals surface area (Å²) in [4.78, 5) is 10.7. The highest BCUT2D eigenvalue weighted by Crippen LogP contribution is 2.23. The maximum atomic E-state index is 10.7. The van der Waals surface area contributed by atoms with Gasteiger partial charge in [-0.1, -0.05) is 13.8 Å². The molecule has 1 aromatic carbocycles. The molecule has 0 spiro atoms. The van der Waals surface area contributed by atoms with Crippen LogP contribution in [0, 0.1) is 0 Å². The Hall–Kier alpha value is -1.41. The molecule has 86 valence electrons. The van der Waals surface area contributed by atoms with Crippen molar-refractivity contribution in [2.24, 2.45) is 0 Å². The Balaban J connectivity index is 0.000000606. The Bertz CT molecular complexity index is 494. The van der Waals surface area contributed by atoms with Gasteiger partial charge in [-0.25, -0.2) is 4.45 Å². The van der Waals surface area contributed by atoms with E-state index in [1.54, 1.807) is 11.6 Å². The van der Waals surface area contributed by atoms with Crippen molar-refractivity contribution >= 4 is 26.6 Å². The monoisotopic (exact) mass is 238 g/mol. The third-order valence-electron chi connectivity index (χ3n) is 2.05. The molecule has 1 heterocycles. The maximum Gasteiger partial charge on any atom is 0.170 e. The van der Waals surface area contributed by atoms with Gasteiger partial charge in [-0.2, -0.15) is 5.10 Å². The second-order valence-electron chi connectivity index (χ2n) is 2.83. The lowest BCUT2D eigenvalue weighted by molar-refractivity contribution is 0.112. The van der Waals surface area contributed by atoms with E-state index in [1.807, 2.05) is 32.0 Å². The molecule has 1 aromatic heterocycles. The molecule has 2 aromatic rings. The van der Waals surface area contributed by atoms with Crippen LogP contribution in [0.25, 0.3) is 10.9 Å². The lowest BCUT2D eigenvalue weighted by Gasteiger charge is -1.99. The van der Waals surface area contributed by atoms with Gasteiger partial charge in [0.1, 0.15) is 11.4 Å². The van der Waals surface area contributed by atoms with Crippen LogP contribution < -0.4 is 4.74 Å². The molecular formula is C11H15N2O2P. The highest BCUT2D eigenvalue weighted by Gasteiger charge is 2.07. The summed E-state index contributed by atoms with van der Waals surface area (Å²) in [5, 5.41) is 4.87. The topological polar surface area (TPSA) is 44.1 Å². The lowest BCUT2D eigenvalue weighted by atomic mass is 10.2. The number of hydrogen-bond acceptors (Lipinski definition) is 3. The van der Waals surface area contributed by atoms with Crippen molar-refractivity contribution in [1.29, 1.82) is 0 Å². The van der Waals surface area contributed by atoms with Crippen LogP contribution in [0.5, 0.6) is 5.75 Å². The minimum absolute atomic E-state index is 0.442. The number of rotatable bonds is 2. The Labute approximate surface area is 96.8 Å². The third kappa shape index (κ3) is 2.22. The van der Waals surface area contributed by atoms with E-state index in [1.165, 1.54) is 0 Å². The van der Waals surface area contributed by atoms with Gasteiger partial charge in [0.25, 0.3) is 0 Å². The van der Waals surface area contributed by atoms with E-state index in [-0.39, 0.29) is 0 Å². The van der Waals surface area contributed by atoms with E-state index in [0.717, 1.165) is 22.9 Å². The van der Waals surface area contributed by atoms with Crippen molar-refractivity contribution < 1.29 is 9.53 Å². The van der Waals surface area contributed by atoms with Crippen LogP contribution >= 0.6 is 9.39 Å². The molecule has 0 saturated carbocycles. The smallest absolute Gasteiger partial charge is 0.170 e. The lowest BCUT2D eigenvalue weighted by Crippen LogP contribution is -1.84. The van der Waals surface area contributed by atoms with Gasteiger partial charge in [-0.15, -0.1) is 0 Å². The molecule has 0 radical (unpaired) electrons. The first-order valence-corrected chi connectivity index (χ1v) is 5.55. The molecule has 4 nitrogen and oxygen atoms in total. The van der Waals surface area contributed by atoms with E-state index in [2.05, 4.69) is 14.5 Å². The van der Waals surface area contributed by atoms with E-state index in [0.29, 0.717) is 5.69 Å². The summed E-state index contributed by atoms with van der Waals surface area (Å²) < 4.78 is 6.67. The normalized spacial score (nSPS) is 9.50. The SMILES string of the molecule is CC.COc1ccc2c(C=O)nn(P)c2c1. The van der Waals surface area contributed by atoms with Crippen LogP contribution in [0.15, 0.2) is 18.2 Å². The molecule has 0 amide bonds. The maximum absolute atomic E-state index is 10.7. The van der Waals surface area contributed by atoms with Crippen LogP contribution in [-0.2, 0) is 0 Å². The molecule has 0 fully saturated rings. The van der Waals surface area contributed by atoms with Crippen molar-refractivity contribution in [1.82, 2.24) is 9.55 Å². The van der Waals surface area contributed by atoms with Crippen molar-refractivity contribution in [3.8, 4) is 5.75 Å². The standard InChI is InChI=1S/C9H9N2O2P.C2H6/c1-13-6-2-3-7-8(5-12)10-11(14)9(7)4-6;1-2/h2-5H,14H2,1H3;1-2H3. The Morgan fingerprint density at radius 1 is 1.44 bits per heavy atom. The van der Waals surface area contributed by atoms with Gasteiger partial charge in [0.05, 0.1) is 12.6 Å². The van der Waals surface area contributed by atoms with Crippen LogP contribution in [-0.4, -0.2) is 22.9 Å². The number of hydrogen-bond donors (Lipinski definition) is 0. The Morgan fingerprint density at radius 2 is 2.12 bits per heavy atom. The molecule has 0 bridgehead atoms. The molecule has 0 N–H and O–H groups in total. The molecule has 1 atom stereocenters. The zero-order chi connectivity index (χ0) is 12.1. The Kier molecular flexibility index (Phi) is 4.44. The second-order valence-corrected chi connectivity index (χ2v) is 3.32. The van der Waals surface area contributed by atoms with E-state index < -0.39 is 0 Å². The van der Waals surface area contributed by atoms with Crippen LogP contribution in [0.4, 0.5) is 0 Å². The number of ether oxygens (including phenoxy) is 1. The summed E-state index contributed by atoms with van der Waals surface area (Å²) in [6.45, 7) is 4.00. The predicted octanol–water partition coefficient (Wildman–Crippen LogP) is 2.52. The summed E-state index contributed by atoms with van der Waals surface area (Å²) in [6.07, 6.45) is 0.745. The number of aromatic nitrogens is 2. The number of nitrogens with zero attached hydrogens (tertiary/aromatic N) is 2. The largest absolute Gasteiger partial charge is 0.497 e. The number of benzene rings is 1. The quantitative estimate of drug-likeness (QED) is 0.596. The van der Waals surface area contributed by atoms with Gasteiger partial charge in [-0.05, 0) is 21.5 Å². The molecule has 0 saturated heterocycles. The summed E-state index contributed by atoms with van der Waals surface area (Å²) >= 11 is 0. The third-order valence-corrected chi connectivity index (χ3v) is 2.45. The summed E-state index contributed by atoms with van der Waals surface area (Å²) in [6, 6.07) is 5.47. The van der Waals surface area contributed by atoms with E-state index >= 15 is 0 Å². The predicted molar refractivity (Wildman–Crippen MR) is 68.1 cm³/mol. The fraction of sp³-hybridized carbons (Fsp3) is 0.273. The minimum Gasteiger partial charge on any atom is -0.497 e.